The fraction of sp³-hybridized carbons (Fsp3) is 0.389. The fourth-order valence-corrected chi connectivity index (χ4v) is 2.95. The molecule has 4 rings (SSSR count). The van der Waals surface area contributed by atoms with Crippen molar-refractivity contribution in [2.45, 2.75) is 25.7 Å². The Kier molecular flexibility index (Phi) is 3.91. The molecule has 2 fully saturated rings. The average molecular weight is 337 g/mol. The second-order valence-corrected chi connectivity index (χ2v) is 6.55. The van der Waals surface area contributed by atoms with Gasteiger partial charge in [0.15, 0.2) is 5.84 Å². The second kappa shape index (κ2) is 6.23. The van der Waals surface area contributed by atoms with Crippen molar-refractivity contribution in [2.24, 2.45) is 21.1 Å². The van der Waals surface area contributed by atoms with Gasteiger partial charge in [-0.25, -0.2) is 4.79 Å². The Bertz CT molecular complexity index is 805. The number of rotatable bonds is 4. The van der Waals surface area contributed by atoms with Crippen molar-refractivity contribution in [2.75, 3.05) is 18.0 Å². The van der Waals surface area contributed by atoms with Crippen molar-refractivity contribution in [1.29, 1.82) is 0 Å². The number of carbonyl (C=O) groups is 2. The number of amidine groups is 1. The van der Waals surface area contributed by atoms with Gasteiger partial charge in [0.05, 0.1) is 11.6 Å². The number of amides is 3. The van der Waals surface area contributed by atoms with E-state index in [2.05, 4.69) is 20.5 Å². The molecule has 1 N–H and O–H groups in total. The molecule has 1 saturated heterocycles. The van der Waals surface area contributed by atoms with Crippen LogP contribution < -0.4 is 10.2 Å². The standard InChI is InChI=1S/C18H19N5O2/c1-11(17(24)20-16-10-15(21-22-16)13-2-3-13)12-4-6-14(7-5-12)23-9-8-19-18(23)25/h4-7,10-11,13H,2-3,8-9H2,1H3,(H,19,25)/b20-16-/t11-/m0/s1. The zero-order chi connectivity index (χ0) is 17.4. The quantitative estimate of drug-likeness (QED) is 0.915. The zero-order valence-electron chi connectivity index (χ0n) is 14.0. The van der Waals surface area contributed by atoms with Crippen molar-refractivity contribution in [1.82, 2.24) is 5.32 Å². The molecule has 2 heterocycles. The maximum atomic E-state index is 12.4. The molecule has 128 valence electrons. The van der Waals surface area contributed by atoms with Gasteiger partial charge in [-0.1, -0.05) is 12.1 Å². The highest BCUT2D eigenvalue weighted by Gasteiger charge is 2.29. The second-order valence-electron chi connectivity index (χ2n) is 6.55. The normalized spacial score (nSPS) is 22.3. The molecule has 1 aromatic rings. The lowest BCUT2D eigenvalue weighted by molar-refractivity contribution is -0.118. The van der Waals surface area contributed by atoms with E-state index in [0.29, 0.717) is 24.8 Å². The summed E-state index contributed by atoms with van der Waals surface area (Å²) in [5.41, 5.74) is 2.62. The fourth-order valence-electron chi connectivity index (χ4n) is 2.95. The molecular formula is C18H19N5O2. The minimum atomic E-state index is -0.373. The maximum Gasteiger partial charge on any atom is 0.321 e. The highest BCUT2D eigenvalue weighted by atomic mass is 16.2. The van der Waals surface area contributed by atoms with E-state index in [9.17, 15) is 9.59 Å². The van der Waals surface area contributed by atoms with Crippen LogP contribution in [0.25, 0.3) is 0 Å². The van der Waals surface area contributed by atoms with Crippen LogP contribution in [0.1, 0.15) is 31.2 Å². The molecule has 0 unspecified atom stereocenters. The molecule has 2 aliphatic heterocycles. The predicted octanol–water partition coefficient (Wildman–Crippen LogP) is 3.00. The Balaban J connectivity index is 1.45. The SMILES string of the molecule is C[C@H](C(=O)/N=C1/C=C(C2CC2)N=N1)c1ccc(N2CCNC2=O)cc1. The first-order chi connectivity index (χ1) is 12.1. The summed E-state index contributed by atoms with van der Waals surface area (Å²) in [4.78, 5) is 29.9. The van der Waals surface area contributed by atoms with Gasteiger partial charge in [-0.2, -0.15) is 10.1 Å². The van der Waals surface area contributed by atoms with Crippen molar-refractivity contribution >= 4 is 23.5 Å². The third-order valence-electron chi connectivity index (χ3n) is 4.70. The van der Waals surface area contributed by atoms with Crippen LogP contribution >= 0.6 is 0 Å². The molecule has 0 spiro atoms. The molecule has 7 heteroatoms. The monoisotopic (exact) mass is 337 g/mol. The summed E-state index contributed by atoms with van der Waals surface area (Å²) >= 11 is 0. The molecule has 0 aromatic heterocycles. The zero-order valence-corrected chi connectivity index (χ0v) is 14.0. The Hall–Kier alpha value is -2.83. The minimum Gasteiger partial charge on any atom is -0.336 e. The van der Waals surface area contributed by atoms with E-state index >= 15 is 0 Å². The van der Waals surface area contributed by atoms with Crippen LogP contribution in [0.5, 0.6) is 0 Å². The minimum absolute atomic E-state index is 0.0897. The summed E-state index contributed by atoms with van der Waals surface area (Å²) in [6.45, 7) is 3.13. The molecule has 1 atom stereocenters. The number of azo groups is 1. The van der Waals surface area contributed by atoms with Gasteiger partial charge in [-0.05, 0) is 37.5 Å². The van der Waals surface area contributed by atoms with Crippen LogP contribution in [0.15, 0.2) is 51.3 Å². The van der Waals surface area contributed by atoms with Gasteiger partial charge >= 0.3 is 6.03 Å². The van der Waals surface area contributed by atoms with Gasteiger partial charge in [-0.15, -0.1) is 5.11 Å². The Labute approximate surface area is 145 Å². The smallest absolute Gasteiger partial charge is 0.321 e. The number of hydrogen-bond donors (Lipinski definition) is 1. The van der Waals surface area contributed by atoms with Gasteiger partial charge in [-0.3, -0.25) is 9.69 Å². The van der Waals surface area contributed by atoms with Crippen LogP contribution in [0.2, 0.25) is 0 Å². The van der Waals surface area contributed by atoms with E-state index in [1.165, 1.54) is 0 Å². The predicted molar refractivity (Wildman–Crippen MR) is 93.7 cm³/mol. The number of carbonyl (C=O) groups excluding carboxylic acids is 2. The molecular weight excluding hydrogens is 318 g/mol. The summed E-state index contributed by atoms with van der Waals surface area (Å²) in [6.07, 6.45) is 4.09. The van der Waals surface area contributed by atoms with Crippen LogP contribution in [0.4, 0.5) is 10.5 Å². The first-order valence-corrected chi connectivity index (χ1v) is 8.53. The number of hydrogen-bond acceptors (Lipinski definition) is 3. The van der Waals surface area contributed by atoms with E-state index in [0.717, 1.165) is 29.8 Å². The average Bonchev–Trinajstić information content (AvgIpc) is 3.22. The Morgan fingerprint density at radius 2 is 2.04 bits per heavy atom. The van der Waals surface area contributed by atoms with Crippen LogP contribution in [-0.4, -0.2) is 30.9 Å². The largest absolute Gasteiger partial charge is 0.336 e. The molecule has 1 aliphatic carbocycles. The maximum absolute atomic E-state index is 12.4. The van der Waals surface area contributed by atoms with Gasteiger partial charge in [0.25, 0.3) is 5.91 Å². The van der Waals surface area contributed by atoms with Crippen LogP contribution in [0.3, 0.4) is 0 Å². The van der Waals surface area contributed by atoms with E-state index in [1.54, 1.807) is 11.0 Å². The van der Waals surface area contributed by atoms with E-state index in [1.807, 2.05) is 31.2 Å². The Morgan fingerprint density at radius 3 is 2.68 bits per heavy atom. The van der Waals surface area contributed by atoms with Gasteiger partial charge in [0.2, 0.25) is 0 Å². The third kappa shape index (κ3) is 3.22. The lowest BCUT2D eigenvalue weighted by Gasteiger charge is -2.15. The molecule has 25 heavy (non-hydrogen) atoms. The van der Waals surface area contributed by atoms with Crippen molar-refractivity contribution in [3.05, 3.63) is 41.6 Å². The summed E-state index contributed by atoms with van der Waals surface area (Å²) in [5.74, 6) is 0.278. The van der Waals surface area contributed by atoms with E-state index < -0.39 is 0 Å². The van der Waals surface area contributed by atoms with Crippen molar-refractivity contribution in [3.8, 4) is 0 Å². The molecule has 7 nitrogen and oxygen atoms in total. The highest BCUT2D eigenvalue weighted by molar-refractivity contribution is 6.04. The number of allylic oxidation sites excluding steroid dienone is 1. The summed E-state index contributed by atoms with van der Waals surface area (Å²) in [7, 11) is 0. The summed E-state index contributed by atoms with van der Waals surface area (Å²) in [5, 5.41) is 10.8. The lowest BCUT2D eigenvalue weighted by atomic mass is 10.00. The molecule has 3 aliphatic rings. The number of benzene rings is 1. The topological polar surface area (TPSA) is 86.5 Å². The molecule has 0 radical (unpaired) electrons. The van der Waals surface area contributed by atoms with Crippen LogP contribution in [0, 0.1) is 5.92 Å². The van der Waals surface area contributed by atoms with Crippen LogP contribution in [-0.2, 0) is 4.79 Å². The lowest BCUT2D eigenvalue weighted by Crippen LogP contribution is -2.27. The molecule has 1 aromatic carbocycles. The first kappa shape index (κ1) is 15.7. The summed E-state index contributed by atoms with van der Waals surface area (Å²) in [6, 6.07) is 7.36. The molecule has 3 amide bonds. The first-order valence-electron chi connectivity index (χ1n) is 8.53. The number of aliphatic imine (C=N–C) groups is 1. The highest BCUT2D eigenvalue weighted by Crippen LogP contribution is 2.38. The molecule has 1 saturated carbocycles. The summed E-state index contributed by atoms with van der Waals surface area (Å²) < 4.78 is 0. The van der Waals surface area contributed by atoms with Gasteiger partial charge in [0, 0.05) is 30.8 Å². The van der Waals surface area contributed by atoms with Gasteiger partial charge in [0.1, 0.15) is 0 Å². The number of urea groups is 1. The third-order valence-corrected chi connectivity index (χ3v) is 4.70. The Morgan fingerprint density at radius 1 is 1.28 bits per heavy atom. The van der Waals surface area contributed by atoms with E-state index in [-0.39, 0.29) is 17.9 Å². The van der Waals surface area contributed by atoms with Crippen molar-refractivity contribution in [3.63, 3.8) is 0 Å². The number of anilines is 1. The van der Waals surface area contributed by atoms with Gasteiger partial charge < -0.3 is 5.32 Å². The molecule has 0 bridgehead atoms. The number of nitrogens with zero attached hydrogens (tertiary/aromatic N) is 4. The van der Waals surface area contributed by atoms with Crippen molar-refractivity contribution < 1.29 is 9.59 Å². The number of nitrogens with one attached hydrogen (secondary N) is 1. The van der Waals surface area contributed by atoms with E-state index in [4.69, 9.17) is 0 Å².